The van der Waals surface area contributed by atoms with Crippen LogP contribution in [-0.4, -0.2) is 43.6 Å². The number of hydrogen-bond donors (Lipinski definition) is 0. The molecule has 0 bridgehead atoms. The smallest absolute Gasteiger partial charge is 0.276 e. The fraction of sp³-hybridized carbons (Fsp3) is 0.409. The van der Waals surface area contributed by atoms with Crippen molar-refractivity contribution in [1.82, 2.24) is 24.6 Å². The van der Waals surface area contributed by atoms with Crippen molar-refractivity contribution in [3.05, 3.63) is 64.8 Å². The molecular weight excluding hydrogens is 382 g/mol. The van der Waals surface area contributed by atoms with E-state index in [0.29, 0.717) is 42.9 Å². The van der Waals surface area contributed by atoms with Gasteiger partial charge in [-0.3, -0.25) is 19.1 Å². The summed E-state index contributed by atoms with van der Waals surface area (Å²) in [5, 5.41) is 3.96. The molecule has 1 aliphatic heterocycles. The van der Waals surface area contributed by atoms with Crippen LogP contribution in [0.3, 0.4) is 0 Å². The number of hydrogen-bond acceptors (Lipinski definition) is 6. The lowest BCUT2D eigenvalue weighted by Gasteiger charge is -2.31. The third-order valence-electron chi connectivity index (χ3n) is 5.92. The van der Waals surface area contributed by atoms with Crippen molar-refractivity contribution in [1.29, 1.82) is 0 Å². The summed E-state index contributed by atoms with van der Waals surface area (Å²) in [6, 6.07) is 7.05. The van der Waals surface area contributed by atoms with E-state index in [1.165, 1.54) is 0 Å². The molecule has 30 heavy (non-hydrogen) atoms. The molecule has 1 saturated heterocycles. The first-order valence-electron chi connectivity index (χ1n) is 10.4. The van der Waals surface area contributed by atoms with Crippen LogP contribution >= 0.6 is 0 Å². The third kappa shape index (κ3) is 3.90. The van der Waals surface area contributed by atoms with E-state index in [-0.39, 0.29) is 11.5 Å². The molecule has 1 aliphatic carbocycles. The Morgan fingerprint density at radius 1 is 1.17 bits per heavy atom. The molecule has 2 fully saturated rings. The second-order valence-electron chi connectivity index (χ2n) is 8.13. The summed E-state index contributed by atoms with van der Waals surface area (Å²) in [6.45, 7) is 1.92. The van der Waals surface area contributed by atoms with Crippen molar-refractivity contribution in [3.63, 3.8) is 0 Å². The molecule has 3 aromatic rings. The van der Waals surface area contributed by atoms with Crippen LogP contribution in [0.5, 0.6) is 0 Å². The van der Waals surface area contributed by atoms with Gasteiger partial charge in [-0.05, 0) is 43.7 Å². The first-order chi connectivity index (χ1) is 14.7. The summed E-state index contributed by atoms with van der Waals surface area (Å²) in [4.78, 5) is 35.5. The maximum absolute atomic E-state index is 12.7. The Morgan fingerprint density at radius 2 is 2.00 bits per heavy atom. The molecule has 8 nitrogen and oxygen atoms in total. The third-order valence-corrected chi connectivity index (χ3v) is 5.92. The van der Waals surface area contributed by atoms with E-state index in [1.807, 2.05) is 17.0 Å². The van der Waals surface area contributed by atoms with Gasteiger partial charge in [-0.25, -0.2) is 4.98 Å². The van der Waals surface area contributed by atoms with Gasteiger partial charge in [0.2, 0.25) is 0 Å². The van der Waals surface area contributed by atoms with Crippen molar-refractivity contribution in [2.45, 2.75) is 38.1 Å². The van der Waals surface area contributed by atoms with Crippen LogP contribution < -0.4 is 5.56 Å². The number of rotatable bonds is 5. The van der Waals surface area contributed by atoms with Crippen molar-refractivity contribution in [2.24, 2.45) is 5.92 Å². The molecule has 1 saturated carbocycles. The van der Waals surface area contributed by atoms with Crippen LogP contribution in [0, 0.1) is 5.92 Å². The summed E-state index contributed by atoms with van der Waals surface area (Å²) in [6.07, 6.45) is 8.91. The van der Waals surface area contributed by atoms with Crippen LogP contribution in [0.2, 0.25) is 0 Å². The SMILES string of the molecule is O=C(c1cc(C2CC2)on1)N1CCC(Cn2cnc(-c3cccnc3)cc2=O)CC1. The van der Waals surface area contributed by atoms with Gasteiger partial charge in [0.1, 0.15) is 5.76 Å². The molecule has 0 N–H and O–H groups in total. The molecule has 0 aromatic carbocycles. The van der Waals surface area contributed by atoms with Gasteiger partial charge in [-0.2, -0.15) is 0 Å². The van der Waals surface area contributed by atoms with Gasteiger partial charge in [0.05, 0.1) is 12.0 Å². The van der Waals surface area contributed by atoms with Gasteiger partial charge < -0.3 is 9.42 Å². The van der Waals surface area contributed by atoms with E-state index in [0.717, 1.165) is 37.0 Å². The largest absolute Gasteiger partial charge is 0.360 e. The number of piperidine rings is 1. The topological polar surface area (TPSA) is 94.1 Å². The summed E-state index contributed by atoms with van der Waals surface area (Å²) < 4.78 is 6.96. The molecule has 0 atom stereocenters. The Kier molecular flexibility index (Phi) is 4.90. The quantitative estimate of drug-likeness (QED) is 0.648. The molecule has 0 unspecified atom stereocenters. The monoisotopic (exact) mass is 405 g/mol. The van der Waals surface area contributed by atoms with E-state index in [4.69, 9.17) is 4.52 Å². The molecule has 154 valence electrons. The van der Waals surface area contributed by atoms with E-state index in [2.05, 4.69) is 15.1 Å². The van der Waals surface area contributed by atoms with Gasteiger partial charge in [0, 0.05) is 55.6 Å². The van der Waals surface area contributed by atoms with Gasteiger partial charge in [-0.15, -0.1) is 0 Å². The lowest BCUT2D eigenvalue weighted by atomic mass is 9.96. The second-order valence-corrected chi connectivity index (χ2v) is 8.13. The number of nitrogens with zero attached hydrogens (tertiary/aromatic N) is 5. The van der Waals surface area contributed by atoms with Crippen molar-refractivity contribution in [3.8, 4) is 11.3 Å². The molecule has 5 rings (SSSR count). The number of aromatic nitrogens is 4. The Bertz CT molecular complexity index is 1100. The summed E-state index contributed by atoms with van der Waals surface area (Å²) >= 11 is 0. The lowest BCUT2D eigenvalue weighted by Crippen LogP contribution is -2.40. The van der Waals surface area contributed by atoms with Crippen LogP contribution in [0.25, 0.3) is 11.3 Å². The highest BCUT2D eigenvalue weighted by Crippen LogP contribution is 2.40. The summed E-state index contributed by atoms with van der Waals surface area (Å²) in [5.41, 5.74) is 1.79. The standard InChI is InChI=1S/C22H23N5O3/c28-21-11-18(17-2-1-7-23-12-17)24-14-27(21)13-15-5-8-26(9-6-15)22(29)19-10-20(30-25-19)16-3-4-16/h1-2,7,10-12,14-16H,3-6,8-9,13H2. The minimum Gasteiger partial charge on any atom is -0.360 e. The molecule has 1 amide bonds. The molecule has 3 aromatic heterocycles. The average Bonchev–Trinajstić information content (AvgIpc) is 3.52. The average molecular weight is 405 g/mol. The highest BCUT2D eigenvalue weighted by Gasteiger charge is 2.31. The number of likely N-dealkylation sites (tertiary alicyclic amines) is 1. The van der Waals surface area contributed by atoms with Crippen molar-refractivity contribution in [2.75, 3.05) is 13.1 Å². The fourth-order valence-electron chi connectivity index (χ4n) is 3.94. The van der Waals surface area contributed by atoms with E-state index in [9.17, 15) is 9.59 Å². The zero-order chi connectivity index (χ0) is 20.5. The Balaban J connectivity index is 1.19. The van der Waals surface area contributed by atoms with Gasteiger partial charge >= 0.3 is 0 Å². The Labute approximate surface area is 173 Å². The van der Waals surface area contributed by atoms with E-state index >= 15 is 0 Å². The second kappa shape index (κ2) is 7.85. The van der Waals surface area contributed by atoms with Crippen molar-refractivity contribution >= 4 is 5.91 Å². The molecule has 0 spiro atoms. The first-order valence-corrected chi connectivity index (χ1v) is 10.4. The molecule has 2 aliphatic rings. The number of pyridine rings is 1. The highest BCUT2D eigenvalue weighted by atomic mass is 16.5. The number of carbonyl (C=O) groups excluding carboxylic acids is 1. The summed E-state index contributed by atoms with van der Waals surface area (Å²) in [5.74, 6) is 1.54. The molecule has 8 heteroatoms. The molecular formula is C22H23N5O3. The minimum absolute atomic E-state index is 0.0660. The zero-order valence-corrected chi connectivity index (χ0v) is 16.6. The highest BCUT2D eigenvalue weighted by molar-refractivity contribution is 5.92. The number of amides is 1. The normalized spacial score (nSPS) is 17.3. The van der Waals surface area contributed by atoms with Crippen LogP contribution in [0.15, 0.2) is 52.3 Å². The predicted molar refractivity (Wildman–Crippen MR) is 109 cm³/mol. The van der Waals surface area contributed by atoms with Crippen LogP contribution in [0.4, 0.5) is 0 Å². The van der Waals surface area contributed by atoms with Gasteiger partial charge in [0.15, 0.2) is 5.69 Å². The van der Waals surface area contributed by atoms with E-state index < -0.39 is 0 Å². The Morgan fingerprint density at radius 3 is 2.70 bits per heavy atom. The summed E-state index contributed by atoms with van der Waals surface area (Å²) in [7, 11) is 0. The zero-order valence-electron chi connectivity index (χ0n) is 16.6. The van der Waals surface area contributed by atoms with Crippen LogP contribution in [0.1, 0.15) is 47.8 Å². The van der Waals surface area contributed by atoms with Gasteiger partial charge in [0.25, 0.3) is 11.5 Å². The minimum atomic E-state index is -0.0717. The lowest BCUT2D eigenvalue weighted by molar-refractivity contribution is 0.0671. The Hall–Kier alpha value is -3.29. The maximum Gasteiger partial charge on any atom is 0.276 e. The van der Waals surface area contributed by atoms with Gasteiger partial charge in [-0.1, -0.05) is 5.16 Å². The number of carbonyl (C=O) groups is 1. The first kappa shape index (κ1) is 18.7. The molecule has 4 heterocycles. The van der Waals surface area contributed by atoms with Crippen molar-refractivity contribution < 1.29 is 9.32 Å². The van der Waals surface area contributed by atoms with Crippen LogP contribution in [-0.2, 0) is 6.54 Å². The van der Waals surface area contributed by atoms with E-state index in [1.54, 1.807) is 35.4 Å². The molecule has 0 radical (unpaired) electrons. The maximum atomic E-state index is 12.7. The predicted octanol–water partition coefficient (Wildman–Crippen LogP) is 2.72. The fourth-order valence-corrected chi connectivity index (χ4v) is 3.94.